The van der Waals surface area contributed by atoms with Crippen LogP contribution < -0.4 is 4.74 Å². The summed E-state index contributed by atoms with van der Waals surface area (Å²) < 4.78 is 6.23. The van der Waals surface area contributed by atoms with Crippen LogP contribution in [0.2, 0.25) is 0 Å². The largest absolute Gasteiger partial charge is 0.489 e. The molecule has 25 heavy (non-hydrogen) atoms. The van der Waals surface area contributed by atoms with Crippen molar-refractivity contribution in [3.05, 3.63) is 29.8 Å². The lowest BCUT2D eigenvalue weighted by molar-refractivity contribution is -0.135. The molecule has 1 aromatic carbocycles. The van der Waals surface area contributed by atoms with E-state index in [0.29, 0.717) is 13.1 Å². The van der Waals surface area contributed by atoms with E-state index in [9.17, 15) is 9.90 Å². The summed E-state index contributed by atoms with van der Waals surface area (Å²) in [7, 11) is 0. The molecule has 2 unspecified atom stereocenters. The molecule has 138 valence electrons. The first-order valence-electron chi connectivity index (χ1n) is 9.58. The average molecular weight is 346 g/mol. The van der Waals surface area contributed by atoms with Gasteiger partial charge in [0.2, 0.25) is 5.91 Å². The third-order valence-electron chi connectivity index (χ3n) is 5.11. The maximum Gasteiger partial charge on any atom is 0.236 e. The van der Waals surface area contributed by atoms with E-state index in [0.717, 1.165) is 63.1 Å². The Balaban J connectivity index is 1.67. The van der Waals surface area contributed by atoms with Gasteiger partial charge >= 0.3 is 0 Å². The number of aliphatic hydroxyl groups excluding tert-OH is 1. The highest BCUT2D eigenvalue weighted by Crippen LogP contribution is 2.26. The second-order valence-electron chi connectivity index (χ2n) is 7.30. The number of ether oxygens (including phenoxy) is 1. The Morgan fingerprint density at radius 2 is 2.16 bits per heavy atom. The molecule has 5 nitrogen and oxygen atoms in total. The van der Waals surface area contributed by atoms with Crippen molar-refractivity contribution in [3.63, 3.8) is 0 Å². The maximum atomic E-state index is 12.7. The Bertz CT molecular complexity index is 578. The summed E-state index contributed by atoms with van der Waals surface area (Å²) in [4.78, 5) is 16.7. The van der Waals surface area contributed by atoms with Gasteiger partial charge < -0.3 is 14.7 Å². The fourth-order valence-corrected chi connectivity index (χ4v) is 3.73. The molecule has 2 atom stereocenters. The number of β-amino-alcohol motifs (C(OH)–C–C–N with tert-alkyl or cyclic N) is 1. The number of unbranched alkanes of at least 4 members (excludes halogenated alkanes) is 1. The zero-order chi connectivity index (χ0) is 17.6. The van der Waals surface area contributed by atoms with Crippen molar-refractivity contribution in [1.29, 1.82) is 0 Å². The summed E-state index contributed by atoms with van der Waals surface area (Å²) in [5, 5.41) is 9.82. The summed E-state index contributed by atoms with van der Waals surface area (Å²) in [5.41, 5.74) is 1.15. The topological polar surface area (TPSA) is 53.0 Å². The molecule has 0 radical (unpaired) electrons. The lowest BCUT2D eigenvalue weighted by atomic mass is 10.1. The van der Waals surface area contributed by atoms with E-state index < -0.39 is 0 Å². The number of piperidine rings is 1. The molecule has 0 bridgehead atoms. The predicted octanol–water partition coefficient (Wildman–Crippen LogP) is 2.42. The van der Waals surface area contributed by atoms with Gasteiger partial charge in [0, 0.05) is 31.7 Å². The molecule has 0 saturated carbocycles. The van der Waals surface area contributed by atoms with E-state index in [2.05, 4.69) is 17.9 Å². The number of para-hydroxylation sites is 1. The maximum absolute atomic E-state index is 12.7. The molecule has 3 rings (SSSR count). The van der Waals surface area contributed by atoms with Gasteiger partial charge in [-0.2, -0.15) is 0 Å². The summed E-state index contributed by atoms with van der Waals surface area (Å²) in [6.45, 7) is 5.33. The Morgan fingerprint density at radius 3 is 2.96 bits per heavy atom. The van der Waals surface area contributed by atoms with Crippen molar-refractivity contribution in [3.8, 4) is 5.75 Å². The van der Waals surface area contributed by atoms with Gasteiger partial charge in [0.05, 0.1) is 12.6 Å². The Hall–Kier alpha value is -1.59. The number of amides is 1. The van der Waals surface area contributed by atoms with Gasteiger partial charge in [-0.15, -0.1) is 0 Å². The molecule has 0 aromatic heterocycles. The highest BCUT2D eigenvalue weighted by Gasteiger charge is 2.27. The highest BCUT2D eigenvalue weighted by molar-refractivity contribution is 5.78. The van der Waals surface area contributed by atoms with Crippen molar-refractivity contribution >= 4 is 5.91 Å². The second-order valence-corrected chi connectivity index (χ2v) is 7.30. The molecule has 1 saturated heterocycles. The van der Waals surface area contributed by atoms with Crippen LogP contribution in [0.1, 0.15) is 44.6 Å². The van der Waals surface area contributed by atoms with Crippen molar-refractivity contribution < 1.29 is 14.6 Å². The van der Waals surface area contributed by atoms with Crippen LogP contribution in [-0.2, 0) is 11.3 Å². The molecule has 5 heteroatoms. The van der Waals surface area contributed by atoms with E-state index in [1.807, 2.05) is 23.1 Å². The Morgan fingerprint density at radius 1 is 1.32 bits per heavy atom. The fraction of sp³-hybridized carbons (Fsp3) is 0.650. The predicted molar refractivity (Wildman–Crippen MR) is 97.5 cm³/mol. The molecule has 1 aromatic rings. The molecule has 1 fully saturated rings. The summed E-state index contributed by atoms with van der Waals surface area (Å²) in [5.74, 6) is 1.07. The first-order chi connectivity index (χ1) is 12.2. The lowest BCUT2D eigenvalue weighted by Crippen LogP contribution is -2.47. The number of hydrogen-bond donors (Lipinski definition) is 1. The minimum Gasteiger partial charge on any atom is -0.489 e. The van der Waals surface area contributed by atoms with Gasteiger partial charge in [0.25, 0.3) is 0 Å². The minimum atomic E-state index is -0.372. The van der Waals surface area contributed by atoms with Crippen LogP contribution in [-0.4, -0.2) is 59.2 Å². The van der Waals surface area contributed by atoms with E-state index in [-0.39, 0.29) is 18.1 Å². The van der Waals surface area contributed by atoms with Crippen LogP contribution in [0.15, 0.2) is 24.3 Å². The quantitative estimate of drug-likeness (QED) is 0.890. The lowest BCUT2D eigenvalue weighted by Gasteiger charge is -2.32. The number of fused-ring (bicyclic) bond motifs is 1. The standard InChI is InChI=1S/C20H30N2O3/c1-2-3-9-18-14-21(12-16-7-4-5-10-19(16)25-18)15-20(24)22-11-6-8-17(23)13-22/h4-5,7,10,17-18,23H,2-3,6,8-9,11-15H2,1H3. The van der Waals surface area contributed by atoms with E-state index in [1.54, 1.807) is 0 Å². The SMILES string of the molecule is CCCCC1CN(CC(=O)N2CCCC(O)C2)Cc2ccccc2O1. The van der Waals surface area contributed by atoms with E-state index >= 15 is 0 Å². The highest BCUT2D eigenvalue weighted by atomic mass is 16.5. The Labute approximate surface area is 150 Å². The first-order valence-corrected chi connectivity index (χ1v) is 9.58. The molecule has 0 aliphatic carbocycles. The molecular formula is C20H30N2O3. The number of aliphatic hydroxyl groups is 1. The zero-order valence-electron chi connectivity index (χ0n) is 15.2. The molecule has 0 spiro atoms. The van der Waals surface area contributed by atoms with Gasteiger partial charge in [0.1, 0.15) is 11.9 Å². The van der Waals surface area contributed by atoms with Crippen LogP contribution in [0.4, 0.5) is 0 Å². The van der Waals surface area contributed by atoms with E-state index in [4.69, 9.17) is 4.74 Å². The smallest absolute Gasteiger partial charge is 0.236 e. The third-order valence-corrected chi connectivity index (χ3v) is 5.11. The van der Waals surface area contributed by atoms with Crippen molar-refractivity contribution in [2.75, 3.05) is 26.2 Å². The van der Waals surface area contributed by atoms with Crippen molar-refractivity contribution in [2.24, 2.45) is 0 Å². The number of hydrogen-bond acceptors (Lipinski definition) is 4. The van der Waals surface area contributed by atoms with Gasteiger partial charge in [-0.3, -0.25) is 9.69 Å². The zero-order valence-corrected chi connectivity index (χ0v) is 15.2. The monoisotopic (exact) mass is 346 g/mol. The third kappa shape index (κ3) is 4.95. The van der Waals surface area contributed by atoms with Crippen LogP contribution >= 0.6 is 0 Å². The molecule has 2 heterocycles. The molecule has 2 aliphatic heterocycles. The number of rotatable bonds is 5. The number of carbonyl (C=O) groups excluding carboxylic acids is 1. The van der Waals surface area contributed by atoms with Crippen molar-refractivity contribution in [2.45, 2.75) is 57.8 Å². The van der Waals surface area contributed by atoms with Gasteiger partial charge in [0.15, 0.2) is 0 Å². The molecule has 1 amide bonds. The molecular weight excluding hydrogens is 316 g/mol. The Kier molecular flexibility index (Phi) is 6.32. The van der Waals surface area contributed by atoms with Gasteiger partial charge in [-0.1, -0.05) is 31.5 Å². The number of carbonyl (C=O) groups is 1. The van der Waals surface area contributed by atoms with Crippen LogP contribution in [0.3, 0.4) is 0 Å². The summed E-state index contributed by atoms with van der Waals surface area (Å²) in [6.07, 6.45) is 4.73. The first kappa shape index (κ1) is 18.2. The molecule has 1 N–H and O–H groups in total. The fourth-order valence-electron chi connectivity index (χ4n) is 3.73. The van der Waals surface area contributed by atoms with Crippen molar-refractivity contribution in [1.82, 2.24) is 9.80 Å². The average Bonchev–Trinajstić information content (AvgIpc) is 2.78. The number of benzene rings is 1. The summed E-state index contributed by atoms with van der Waals surface area (Å²) in [6, 6.07) is 8.14. The number of likely N-dealkylation sites (tertiary alicyclic amines) is 1. The summed E-state index contributed by atoms with van der Waals surface area (Å²) >= 11 is 0. The van der Waals surface area contributed by atoms with Crippen LogP contribution in [0.5, 0.6) is 5.75 Å². The minimum absolute atomic E-state index is 0.118. The van der Waals surface area contributed by atoms with Gasteiger partial charge in [-0.05, 0) is 31.7 Å². The second kappa shape index (κ2) is 8.68. The molecule has 2 aliphatic rings. The van der Waals surface area contributed by atoms with E-state index in [1.165, 1.54) is 0 Å². The number of nitrogens with zero attached hydrogens (tertiary/aromatic N) is 2. The van der Waals surface area contributed by atoms with Crippen LogP contribution in [0.25, 0.3) is 0 Å². The van der Waals surface area contributed by atoms with Gasteiger partial charge in [-0.25, -0.2) is 0 Å². The normalized spacial score (nSPS) is 24.3. The van der Waals surface area contributed by atoms with Crippen LogP contribution in [0, 0.1) is 0 Å².